The third-order valence-corrected chi connectivity index (χ3v) is 12.4. The molecule has 89 heavy (non-hydrogen) atoms. The van der Waals surface area contributed by atoms with Gasteiger partial charge in [-0.1, -0.05) is 43.1 Å². The van der Waals surface area contributed by atoms with Gasteiger partial charge in [-0.05, 0) is 82.1 Å². The van der Waals surface area contributed by atoms with Crippen molar-refractivity contribution in [3.8, 4) is 22.5 Å². The van der Waals surface area contributed by atoms with Crippen molar-refractivity contribution in [1.82, 2.24) is 29.9 Å². The summed E-state index contributed by atoms with van der Waals surface area (Å²) in [5.74, 6) is 0. The molecular weight excluding hydrogens is 1830 g/mol. The Morgan fingerprint density at radius 1 is 0.258 bits per heavy atom. The smallest absolute Gasteiger partial charge is 0.327 e. The molecule has 0 fully saturated rings. The zero-order valence-electron chi connectivity index (χ0n) is 45.4. The summed E-state index contributed by atoms with van der Waals surface area (Å²) in [6.07, 6.45) is 10.2. The van der Waals surface area contributed by atoms with Gasteiger partial charge in [0.2, 0.25) is 0 Å². The molecule has 448 valence electrons. The van der Waals surface area contributed by atoms with Crippen LogP contribution in [0.4, 0.5) is 0 Å². The van der Waals surface area contributed by atoms with Gasteiger partial charge in [0.15, 0.2) is 0 Å². The van der Waals surface area contributed by atoms with E-state index in [1.165, 1.54) is 0 Å². The molecule has 14 nitrogen and oxygen atoms in total. The van der Waals surface area contributed by atoms with Gasteiger partial charge in [-0.3, -0.25) is 14.4 Å². The van der Waals surface area contributed by atoms with Crippen LogP contribution in [-0.4, -0.2) is 29.9 Å². The molecule has 10 heterocycles. The van der Waals surface area contributed by atoms with Gasteiger partial charge < -0.3 is 47.6 Å². The average Bonchev–Trinajstić information content (AvgIpc) is 1.34. The fraction of sp³-hybridized carbons (Fsp3) is 0.0141. The summed E-state index contributed by atoms with van der Waals surface area (Å²) in [5, 5.41) is 4.93. The zero-order chi connectivity index (χ0) is 57.5. The summed E-state index contributed by atoms with van der Waals surface area (Å²) in [6, 6.07) is 80.5. The third kappa shape index (κ3) is 16.7. The first-order chi connectivity index (χ1) is 41.4. The second-order valence-electron chi connectivity index (χ2n) is 17.8. The number of nitrogens with zero attached hydrogens (tertiary/aromatic N) is 6. The first-order valence-electron chi connectivity index (χ1n) is 25.9. The topological polar surface area (TPSA) is 198 Å². The van der Waals surface area contributed by atoms with Gasteiger partial charge in [0.25, 0.3) is 16.9 Å². The van der Waals surface area contributed by atoms with E-state index in [0.29, 0.717) is 82.1 Å². The molecule has 0 aliphatic carbocycles. The summed E-state index contributed by atoms with van der Waals surface area (Å²) in [4.78, 5) is 71.5. The number of rotatable bonds is 2. The van der Waals surface area contributed by atoms with Gasteiger partial charge >= 0.3 is 5.63 Å². The molecule has 0 aliphatic heterocycles. The van der Waals surface area contributed by atoms with Crippen LogP contribution >= 0.6 is 0 Å². The molecule has 18 heteroatoms. The Morgan fingerprint density at radius 2 is 0.562 bits per heavy atom. The van der Waals surface area contributed by atoms with Crippen LogP contribution in [-0.2, 0) is 80.4 Å². The van der Waals surface area contributed by atoms with Gasteiger partial charge in [0.05, 0.1) is 0 Å². The minimum atomic E-state index is -0.356. The summed E-state index contributed by atoms with van der Waals surface area (Å²) in [7, 11) is 0. The molecule has 0 spiro atoms. The van der Waals surface area contributed by atoms with Gasteiger partial charge in [-0.2, -0.15) is 0 Å². The van der Waals surface area contributed by atoms with Crippen molar-refractivity contribution in [2.45, 2.75) is 7.43 Å². The summed E-state index contributed by atoms with van der Waals surface area (Å²) >= 11 is 0. The second kappa shape index (κ2) is 33.7. The Kier molecular flexibility index (Phi) is 26.1. The van der Waals surface area contributed by atoms with Crippen LogP contribution in [0.15, 0.2) is 280 Å². The number of benzene rings is 6. The van der Waals surface area contributed by atoms with Crippen LogP contribution in [0.3, 0.4) is 0 Å². The molecule has 0 N–H and O–H groups in total. The molecule has 0 saturated heterocycles. The summed E-state index contributed by atoms with van der Waals surface area (Å²) in [6.45, 7) is 0. The molecular formula is C71H44Ir4N6O8-6. The molecule has 16 aromatic rings. The van der Waals surface area contributed by atoms with Gasteiger partial charge in [-0.15, -0.1) is 185 Å². The van der Waals surface area contributed by atoms with Crippen molar-refractivity contribution in [2.75, 3.05) is 0 Å². The van der Waals surface area contributed by atoms with E-state index < -0.39 is 0 Å². The molecule has 6 aromatic carbocycles. The maximum atomic E-state index is 11.6. The Balaban J connectivity index is 0.000000169. The maximum Gasteiger partial charge on any atom is 0.327 e. The number of hydrogen-bond acceptors (Lipinski definition) is 14. The standard InChI is InChI=1S/4C12H6NO2.2C11H8N.CH4.4Ir/c14-12-9-5-3-7-13-11(9)8-4-1-2-6-10(8)15-12;3*14-12-9-5-2-1-4-8(9)11-10(15-12)6-3-7-13-11;2*1-2-6-10(7-3-1)11-8-4-5-9-12-11;;;;;/h4*1-3,5-7H;2*1-6,8-9H;1H4;;;;/q6*-1;;;;;. The van der Waals surface area contributed by atoms with Crippen LogP contribution in [0.5, 0.6) is 0 Å². The van der Waals surface area contributed by atoms with Gasteiger partial charge in [0.1, 0.15) is 16.7 Å². The SMILES string of the molecule is C.O=c1oc2ccc[c-]c2c2ncccc12.O=c1oc2cccnc2c2[c-]cccc12.O=c1oc2cccnc2c2[c-]cccc12.O=c1oc2cccnc2c2[c-]cccc12.[Ir].[Ir].[Ir].[Ir].[c-]1ccccc1-c1ccccn1.[c-]1ccccc1-c1ccccn1. The first kappa shape index (κ1) is 68.8. The van der Waals surface area contributed by atoms with Crippen molar-refractivity contribution in [2.24, 2.45) is 0 Å². The number of hydrogen-bond donors (Lipinski definition) is 0. The fourth-order valence-corrected chi connectivity index (χ4v) is 8.62. The quantitative estimate of drug-likeness (QED) is 0.0899. The van der Waals surface area contributed by atoms with E-state index in [2.05, 4.69) is 66.3 Å². The van der Waals surface area contributed by atoms with Crippen LogP contribution in [0.2, 0.25) is 0 Å². The normalized spacial score (nSPS) is 9.98. The van der Waals surface area contributed by atoms with Crippen LogP contribution in [0.25, 0.3) is 110 Å². The van der Waals surface area contributed by atoms with Crippen molar-refractivity contribution in [3.05, 3.63) is 322 Å². The Morgan fingerprint density at radius 3 is 0.944 bits per heavy atom. The molecule has 16 rings (SSSR count). The van der Waals surface area contributed by atoms with E-state index in [1.54, 1.807) is 159 Å². The molecule has 4 radical (unpaired) electrons. The van der Waals surface area contributed by atoms with E-state index in [4.69, 9.17) is 17.7 Å². The van der Waals surface area contributed by atoms with E-state index in [-0.39, 0.29) is 110 Å². The van der Waals surface area contributed by atoms with Crippen molar-refractivity contribution in [1.29, 1.82) is 0 Å². The van der Waals surface area contributed by atoms with Crippen LogP contribution < -0.4 is 22.5 Å². The molecule has 0 unspecified atom stereocenters. The summed E-state index contributed by atoms with van der Waals surface area (Å²) < 4.78 is 20.6. The van der Waals surface area contributed by atoms with Crippen molar-refractivity contribution in [3.63, 3.8) is 0 Å². The Bertz CT molecular complexity index is 4520. The monoisotopic (exact) mass is 1880 g/mol. The van der Waals surface area contributed by atoms with Crippen LogP contribution in [0, 0.1) is 36.4 Å². The second-order valence-corrected chi connectivity index (χ2v) is 17.8. The average molecular weight is 1880 g/mol. The Hall–Kier alpha value is -9.30. The van der Waals surface area contributed by atoms with E-state index in [9.17, 15) is 19.2 Å². The molecule has 0 atom stereocenters. The number of fused-ring (bicyclic) bond motifs is 12. The predicted octanol–water partition coefficient (Wildman–Crippen LogP) is 14.3. The summed E-state index contributed by atoms with van der Waals surface area (Å²) in [5.41, 5.74) is 7.31. The van der Waals surface area contributed by atoms with Gasteiger partial charge in [-0.25, -0.2) is 4.79 Å². The fourth-order valence-electron chi connectivity index (χ4n) is 8.62. The minimum Gasteiger partial charge on any atom is -0.472 e. The molecule has 0 saturated carbocycles. The van der Waals surface area contributed by atoms with E-state index in [1.807, 2.05) is 84.9 Å². The maximum absolute atomic E-state index is 11.6. The van der Waals surface area contributed by atoms with E-state index in [0.717, 1.165) is 27.9 Å². The van der Waals surface area contributed by atoms with Crippen LogP contribution in [0.1, 0.15) is 7.43 Å². The van der Waals surface area contributed by atoms with Gasteiger partial charge in [0, 0.05) is 151 Å². The Labute approximate surface area is 562 Å². The van der Waals surface area contributed by atoms with Crippen molar-refractivity contribution >= 4 is 87.5 Å². The molecule has 0 amide bonds. The largest absolute Gasteiger partial charge is 0.472 e. The van der Waals surface area contributed by atoms with Crippen molar-refractivity contribution < 1.29 is 98.1 Å². The number of pyridine rings is 6. The first-order valence-corrected chi connectivity index (χ1v) is 25.9. The number of aromatic nitrogens is 6. The third-order valence-electron chi connectivity index (χ3n) is 12.4. The molecule has 0 bridgehead atoms. The predicted molar refractivity (Wildman–Crippen MR) is 330 cm³/mol. The molecule has 0 aliphatic rings. The van der Waals surface area contributed by atoms with E-state index >= 15 is 0 Å². The molecule has 10 aromatic heterocycles. The zero-order valence-corrected chi connectivity index (χ0v) is 55.0. The minimum absolute atomic E-state index is 0.